The molecule has 19 heavy (non-hydrogen) atoms. The Bertz CT molecular complexity index is 457. The van der Waals surface area contributed by atoms with Gasteiger partial charge in [-0.3, -0.25) is 4.79 Å². The number of benzene rings is 1. The molecule has 1 aromatic rings. The molecule has 4 heteroatoms. The molecular weight excluding hydrogens is 240 g/mol. The summed E-state index contributed by atoms with van der Waals surface area (Å²) in [6.07, 6.45) is 2.10. The summed E-state index contributed by atoms with van der Waals surface area (Å²) in [6.45, 7) is 5.45. The molecule has 0 fully saturated rings. The average molecular weight is 262 g/mol. The number of hydrogen-bond acceptors (Lipinski definition) is 3. The highest BCUT2D eigenvalue weighted by Gasteiger charge is 2.21. The van der Waals surface area contributed by atoms with Crippen molar-refractivity contribution < 1.29 is 9.53 Å². The van der Waals surface area contributed by atoms with Gasteiger partial charge in [0.1, 0.15) is 5.75 Å². The lowest BCUT2D eigenvalue weighted by molar-refractivity contribution is -0.120. The van der Waals surface area contributed by atoms with E-state index in [9.17, 15) is 4.79 Å². The number of nitrogens with one attached hydrogen (secondary N) is 1. The molecule has 4 nitrogen and oxygen atoms in total. The van der Waals surface area contributed by atoms with Crippen LogP contribution in [0, 0.1) is 0 Å². The van der Waals surface area contributed by atoms with Gasteiger partial charge >= 0.3 is 0 Å². The lowest BCUT2D eigenvalue weighted by atomic mass is 10.1. The Morgan fingerprint density at radius 1 is 1.42 bits per heavy atom. The Hall–Kier alpha value is -1.55. The fourth-order valence-corrected chi connectivity index (χ4v) is 2.16. The van der Waals surface area contributed by atoms with E-state index < -0.39 is 0 Å². The molecule has 0 radical (unpaired) electrons. The molecule has 1 aromatic carbocycles. The molecule has 1 aliphatic heterocycles. The van der Waals surface area contributed by atoms with Crippen LogP contribution < -0.4 is 15.0 Å². The molecule has 1 heterocycles. The molecule has 0 saturated heterocycles. The van der Waals surface area contributed by atoms with Crippen LogP contribution in [0.15, 0.2) is 18.2 Å². The van der Waals surface area contributed by atoms with Crippen LogP contribution in [0.3, 0.4) is 0 Å². The Morgan fingerprint density at radius 3 is 2.95 bits per heavy atom. The molecule has 0 aromatic heterocycles. The number of ether oxygens (including phenoxy) is 1. The smallest absolute Gasteiger partial charge is 0.264 e. The number of carbonyl (C=O) groups excluding carboxylic acids is 1. The Balaban J connectivity index is 1.98. The standard InChI is InChI=1S/C15H22N2O2/c1-11(2)16-8-4-5-12-6-7-14-13(9-12)17(3)15(18)10-19-14/h6-7,9,11,16H,4-5,8,10H2,1-3H3. The number of likely N-dealkylation sites (N-methyl/N-ethyl adjacent to an activating group) is 1. The predicted octanol–water partition coefficient (Wildman–Crippen LogP) is 1.97. The van der Waals surface area contributed by atoms with Crippen molar-refractivity contribution >= 4 is 11.6 Å². The summed E-state index contributed by atoms with van der Waals surface area (Å²) < 4.78 is 5.41. The van der Waals surface area contributed by atoms with E-state index in [0.717, 1.165) is 30.8 Å². The number of amides is 1. The second kappa shape index (κ2) is 6.06. The maximum Gasteiger partial charge on any atom is 0.264 e. The van der Waals surface area contributed by atoms with Crippen molar-refractivity contribution in [3.05, 3.63) is 23.8 Å². The van der Waals surface area contributed by atoms with Gasteiger partial charge in [-0.1, -0.05) is 19.9 Å². The highest BCUT2D eigenvalue weighted by molar-refractivity contribution is 5.97. The van der Waals surface area contributed by atoms with E-state index in [1.54, 1.807) is 11.9 Å². The largest absolute Gasteiger partial charge is 0.482 e. The van der Waals surface area contributed by atoms with E-state index in [-0.39, 0.29) is 12.5 Å². The highest BCUT2D eigenvalue weighted by atomic mass is 16.5. The summed E-state index contributed by atoms with van der Waals surface area (Å²) >= 11 is 0. The van der Waals surface area contributed by atoms with Gasteiger partial charge in [0.05, 0.1) is 5.69 Å². The molecule has 0 spiro atoms. The number of carbonyl (C=O) groups is 1. The van der Waals surface area contributed by atoms with Gasteiger partial charge in [0.2, 0.25) is 0 Å². The summed E-state index contributed by atoms with van der Waals surface area (Å²) in [4.78, 5) is 13.3. The average Bonchev–Trinajstić information content (AvgIpc) is 2.39. The molecule has 0 saturated carbocycles. The fraction of sp³-hybridized carbons (Fsp3) is 0.533. The van der Waals surface area contributed by atoms with Gasteiger partial charge < -0.3 is 15.0 Å². The van der Waals surface area contributed by atoms with E-state index in [1.165, 1.54) is 5.56 Å². The quantitative estimate of drug-likeness (QED) is 0.825. The summed E-state index contributed by atoms with van der Waals surface area (Å²) in [5, 5.41) is 3.40. The van der Waals surface area contributed by atoms with Crippen molar-refractivity contribution in [2.75, 3.05) is 25.1 Å². The number of hydrogen-bond donors (Lipinski definition) is 1. The molecule has 1 N–H and O–H groups in total. The molecular formula is C15H22N2O2. The first-order valence-corrected chi connectivity index (χ1v) is 6.83. The van der Waals surface area contributed by atoms with Crippen LogP contribution in [0.25, 0.3) is 0 Å². The summed E-state index contributed by atoms with van der Waals surface area (Å²) in [5.41, 5.74) is 2.13. The highest BCUT2D eigenvalue weighted by Crippen LogP contribution is 2.32. The van der Waals surface area contributed by atoms with E-state index in [2.05, 4.69) is 31.3 Å². The first-order valence-electron chi connectivity index (χ1n) is 6.83. The molecule has 0 unspecified atom stereocenters. The Morgan fingerprint density at radius 2 is 2.21 bits per heavy atom. The van der Waals surface area contributed by atoms with Crippen molar-refractivity contribution in [3.63, 3.8) is 0 Å². The molecule has 104 valence electrons. The van der Waals surface area contributed by atoms with E-state index in [1.807, 2.05) is 6.07 Å². The van der Waals surface area contributed by atoms with Crippen molar-refractivity contribution in [3.8, 4) is 5.75 Å². The van der Waals surface area contributed by atoms with Gasteiger partial charge in [0, 0.05) is 13.1 Å². The zero-order chi connectivity index (χ0) is 13.8. The van der Waals surface area contributed by atoms with Crippen LogP contribution in [-0.4, -0.2) is 32.1 Å². The second-order valence-corrected chi connectivity index (χ2v) is 5.26. The number of aryl methyl sites for hydroxylation is 1. The van der Waals surface area contributed by atoms with Crippen LogP contribution in [0.1, 0.15) is 25.8 Å². The minimum atomic E-state index is 0.00567. The third-order valence-electron chi connectivity index (χ3n) is 3.30. The van der Waals surface area contributed by atoms with Gasteiger partial charge in [-0.15, -0.1) is 0 Å². The summed E-state index contributed by atoms with van der Waals surface area (Å²) in [7, 11) is 1.80. The number of rotatable bonds is 5. The van der Waals surface area contributed by atoms with E-state index in [4.69, 9.17) is 4.74 Å². The number of nitrogens with zero attached hydrogens (tertiary/aromatic N) is 1. The maximum atomic E-state index is 11.6. The predicted molar refractivity (Wildman–Crippen MR) is 76.8 cm³/mol. The molecule has 0 aliphatic carbocycles. The molecule has 1 amide bonds. The number of anilines is 1. The van der Waals surface area contributed by atoms with Gasteiger partial charge in [-0.05, 0) is 37.1 Å². The first kappa shape index (κ1) is 13.9. The van der Waals surface area contributed by atoms with Crippen LogP contribution in [0.5, 0.6) is 5.75 Å². The van der Waals surface area contributed by atoms with Crippen molar-refractivity contribution in [2.24, 2.45) is 0 Å². The lowest BCUT2D eigenvalue weighted by Crippen LogP contribution is -2.35. The maximum absolute atomic E-state index is 11.6. The third kappa shape index (κ3) is 3.47. The lowest BCUT2D eigenvalue weighted by Gasteiger charge is -2.26. The van der Waals surface area contributed by atoms with Crippen LogP contribution in [0.2, 0.25) is 0 Å². The summed E-state index contributed by atoms with van der Waals surface area (Å²) in [5.74, 6) is 0.803. The monoisotopic (exact) mass is 262 g/mol. The van der Waals surface area contributed by atoms with Crippen molar-refractivity contribution in [1.29, 1.82) is 0 Å². The van der Waals surface area contributed by atoms with Gasteiger partial charge in [0.15, 0.2) is 6.61 Å². The van der Waals surface area contributed by atoms with Crippen LogP contribution >= 0.6 is 0 Å². The molecule has 0 atom stereocenters. The normalized spacial score (nSPS) is 14.5. The Labute approximate surface area is 114 Å². The van der Waals surface area contributed by atoms with Crippen molar-refractivity contribution in [2.45, 2.75) is 32.7 Å². The van der Waals surface area contributed by atoms with Crippen molar-refractivity contribution in [1.82, 2.24) is 5.32 Å². The van der Waals surface area contributed by atoms with Gasteiger partial charge in [-0.2, -0.15) is 0 Å². The van der Waals surface area contributed by atoms with Crippen LogP contribution in [-0.2, 0) is 11.2 Å². The second-order valence-electron chi connectivity index (χ2n) is 5.26. The van der Waals surface area contributed by atoms with Gasteiger partial charge in [-0.25, -0.2) is 0 Å². The van der Waals surface area contributed by atoms with E-state index in [0.29, 0.717) is 6.04 Å². The topological polar surface area (TPSA) is 41.6 Å². The SMILES string of the molecule is CC(C)NCCCc1ccc2c(c1)N(C)C(=O)CO2. The fourth-order valence-electron chi connectivity index (χ4n) is 2.16. The van der Waals surface area contributed by atoms with Gasteiger partial charge in [0.25, 0.3) is 5.91 Å². The zero-order valence-corrected chi connectivity index (χ0v) is 11.9. The Kier molecular flexibility index (Phi) is 4.43. The van der Waals surface area contributed by atoms with E-state index >= 15 is 0 Å². The van der Waals surface area contributed by atoms with Crippen LogP contribution in [0.4, 0.5) is 5.69 Å². The molecule has 0 bridgehead atoms. The minimum Gasteiger partial charge on any atom is -0.482 e. The first-order chi connectivity index (χ1) is 9.08. The zero-order valence-electron chi connectivity index (χ0n) is 11.9. The number of fused-ring (bicyclic) bond motifs is 1. The molecule has 2 rings (SSSR count). The minimum absolute atomic E-state index is 0.00567. The molecule has 1 aliphatic rings. The third-order valence-corrected chi connectivity index (χ3v) is 3.30. The summed E-state index contributed by atoms with van der Waals surface area (Å²) in [6, 6.07) is 6.63.